The Bertz CT molecular complexity index is 939. The predicted octanol–water partition coefficient (Wildman–Crippen LogP) is 4.89. The van der Waals surface area contributed by atoms with Gasteiger partial charge in [-0.25, -0.2) is 18.2 Å². The molecule has 0 bridgehead atoms. The second-order valence-corrected chi connectivity index (χ2v) is 8.87. The zero-order valence-corrected chi connectivity index (χ0v) is 17.9. The second kappa shape index (κ2) is 10.0. The molecule has 2 fully saturated rings. The molecule has 1 aliphatic heterocycles. The summed E-state index contributed by atoms with van der Waals surface area (Å²) in [5.74, 6) is -1.59. The van der Waals surface area contributed by atoms with E-state index < -0.39 is 17.7 Å². The molecule has 172 valence electrons. The Balaban J connectivity index is 1.36. The molecule has 1 heterocycles. The summed E-state index contributed by atoms with van der Waals surface area (Å²) in [4.78, 5) is 18.7. The first-order valence-corrected chi connectivity index (χ1v) is 11.2. The Kier molecular flexibility index (Phi) is 7.16. The van der Waals surface area contributed by atoms with Gasteiger partial charge in [-0.3, -0.25) is 9.63 Å². The van der Waals surface area contributed by atoms with Crippen LogP contribution in [0.5, 0.6) is 0 Å². The lowest BCUT2D eigenvalue weighted by Crippen LogP contribution is -2.36. The van der Waals surface area contributed by atoms with E-state index in [1.54, 1.807) is 6.07 Å². The van der Waals surface area contributed by atoms with Crippen LogP contribution in [-0.2, 0) is 22.5 Å². The SMILES string of the molecule is O=C([C@H]1CC[C@H](Cc2cc(F)cc(CCO)c2)CC1)N1OCC[C@H]1c1cc(F)cc(F)c1. The number of hydroxylamine groups is 2. The largest absolute Gasteiger partial charge is 0.396 e. The van der Waals surface area contributed by atoms with Gasteiger partial charge in [-0.15, -0.1) is 0 Å². The highest BCUT2D eigenvalue weighted by Gasteiger charge is 2.37. The topological polar surface area (TPSA) is 49.8 Å². The lowest BCUT2D eigenvalue weighted by Gasteiger charge is -2.32. The number of rotatable bonds is 6. The van der Waals surface area contributed by atoms with Crippen molar-refractivity contribution < 1.29 is 27.9 Å². The molecule has 1 N–H and O–H groups in total. The van der Waals surface area contributed by atoms with Gasteiger partial charge in [0.25, 0.3) is 0 Å². The summed E-state index contributed by atoms with van der Waals surface area (Å²) in [6, 6.07) is 7.77. The molecular formula is C25H28F3NO3. The number of amides is 1. The van der Waals surface area contributed by atoms with Gasteiger partial charge in [0.15, 0.2) is 0 Å². The number of carbonyl (C=O) groups excluding carboxylic acids is 1. The van der Waals surface area contributed by atoms with Gasteiger partial charge in [-0.05, 0) is 85.4 Å². The highest BCUT2D eigenvalue weighted by atomic mass is 19.1. The minimum Gasteiger partial charge on any atom is -0.396 e. The number of nitrogens with zero attached hydrogens (tertiary/aromatic N) is 1. The monoisotopic (exact) mass is 447 g/mol. The number of benzene rings is 2. The van der Waals surface area contributed by atoms with Crippen LogP contribution in [0.3, 0.4) is 0 Å². The fraction of sp³-hybridized carbons (Fsp3) is 0.480. The minimum absolute atomic E-state index is 0.0159. The second-order valence-electron chi connectivity index (χ2n) is 8.87. The van der Waals surface area contributed by atoms with Gasteiger partial charge in [0.2, 0.25) is 5.91 Å². The predicted molar refractivity (Wildman–Crippen MR) is 113 cm³/mol. The van der Waals surface area contributed by atoms with Crippen LogP contribution in [-0.4, -0.2) is 29.3 Å². The van der Waals surface area contributed by atoms with E-state index >= 15 is 0 Å². The van der Waals surface area contributed by atoms with Crippen molar-refractivity contribution in [1.29, 1.82) is 0 Å². The number of aliphatic hydroxyl groups excluding tert-OH is 1. The lowest BCUT2D eigenvalue weighted by molar-refractivity contribution is -0.183. The molecule has 2 aromatic carbocycles. The average Bonchev–Trinajstić information content (AvgIpc) is 3.23. The summed E-state index contributed by atoms with van der Waals surface area (Å²) in [6.45, 7) is 0.317. The van der Waals surface area contributed by atoms with E-state index in [4.69, 9.17) is 9.94 Å². The maximum atomic E-state index is 13.9. The Morgan fingerprint density at radius 3 is 2.25 bits per heavy atom. The third kappa shape index (κ3) is 5.33. The lowest BCUT2D eigenvalue weighted by atomic mass is 9.78. The number of halogens is 3. The van der Waals surface area contributed by atoms with Crippen molar-refractivity contribution in [3.63, 3.8) is 0 Å². The standard InChI is InChI=1S/C25H28F3NO3/c26-21-11-17(5-7-30)10-18(12-21)9-16-1-3-19(4-2-16)25(31)29-24(6-8-32-29)20-13-22(27)15-23(28)14-20/h10-16,19,24,30H,1-9H2/t16-,19-,24-/m0/s1. The van der Waals surface area contributed by atoms with E-state index in [2.05, 4.69) is 0 Å². The fourth-order valence-corrected chi connectivity index (χ4v) is 4.99. The van der Waals surface area contributed by atoms with Crippen LogP contribution >= 0.6 is 0 Å². The van der Waals surface area contributed by atoms with E-state index in [-0.39, 0.29) is 24.2 Å². The molecular weight excluding hydrogens is 419 g/mol. The Labute approximate surface area is 186 Å². The van der Waals surface area contributed by atoms with Gasteiger partial charge < -0.3 is 5.11 Å². The normalized spacial score (nSPS) is 23.5. The van der Waals surface area contributed by atoms with Crippen molar-refractivity contribution in [3.05, 3.63) is 70.5 Å². The first kappa shape index (κ1) is 22.8. The molecule has 32 heavy (non-hydrogen) atoms. The first-order valence-electron chi connectivity index (χ1n) is 11.2. The smallest absolute Gasteiger partial charge is 0.249 e. The Morgan fingerprint density at radius 1 is 0.906 bits per heavy atom. The van der Waals surface area contributed by atoms with Crippen LogP contribution in [0.4, 0.5) is 13.2 Å². The van der Waals surface area contributed by atoms with Gasteiger partial charge in [0.05, 0.1) is 12.6 Å². The molecule has 1 aliphatic carbocycles. The van der Waals surface area contributed by atoms with Crippen LogP contribution in [0, 0.1) is 29.3 Å². The van der Waals surface area contributed by atoms with E-state index in [1.807, 2.05) is 6.07 Å². The average molecular weight is 447 g/mol. The highest BCUT2D eigenvalue weighted by Crippen LogP contribution is 2.37. The molecule has 0 spiro atoms. The zero-order chi connectivity index (χ0) is 22.7. The van der Waals surface area contributed by atoms with Gasteiger partial charge in [0, 0.05) is 25.0 Å². The van der Waals surface area contributed by atoms with E-state index in [0.717, 1.165) is 36.5 Å². The zero-order valence-electron chi connectivity index (χ0n) is 17.9. The third-order valence-electron chi connectivity index (χ3n) is 6.53. The quantitative estimate of drug-likeness (QED) is 0.686. The van der Waals surface area contributed by atoms with Crippen LogP contribution in [0.15, 0.2) is 36.4 Å². The highest BCUT2D eigenvalue weighted by molar-refractivity contribution is 5.78. The molecule has 4 rings (SSSR count). The summed E-state index contributed by atoms with van der Waals surface area (Å²) in [5, 5.41) is 10.4. The third-order valence-corrected chi connectivity index (χ3v) is 6.53. The van der Waals surface area contributed by atoms with Gasteiger partial charge in [0.1, 0.15) is 17.5 Å². The molecule has 2 aliphatic rings. The van der Waals surface area contributed by atoms with Gasteiger partial charge in [-0.1, -0.05) is 6.07 Å². The van der Waals surface area contributed by atoms with Crippen molar-refractivity contribution in [2.75, 3.05) is 13.2 Å². The molecule has 0 aromatic heterocycles. The Hall–Kier alpha value is -2.38. The van der Waals surface area contributed by atoms with Gasteiger partial charge in [-0.2, -0.15) is 0 Å². The van der Waals surface area contributed by atoms with Crippen molar-refractivity contribution in [2.24, 2.45) is 11.8 Å². The van der Waals surface area contributed by atoms with E-state index in [1.165, 1.54) is 23.3 Å². The van der Waals surface area contributed by atoms with Crippen molar-refractivity contribution in [1.82, 2.24) is 5.06 Å². The first-order chi connectivity index (χ1) is 15.4. The van der Waals surface area contributed by atoms with Crippen molar-refractivity contribution >= 4 is 5.91 Å². The van der Waals surface area contributed by atoms with Crippen LogP contribution in [0.25, 0.3) is 0 Å². The van der Waals surface area contributed by atoms with E-state index in [9.17, 15) is 18.0 Å². The number of hydrogen-bond acceptors (Lipinski definition) is 3. The maximum Gasteiger partial charge on any atom is 0.249 e. The molecule has 0 radical (unpaired) electrons. The van der Waals surface area contributed by atoms with Crippen LogP contribution < -0.4 is 0 Å². The minimum atomic E-state index is -0.667. The van der Waals surface area contributed by atoms with Crippen molar-refractivity contribution in [2.45, 2.75) is 51.0 Å². The fourth-order valence-electron chi connectivity index (χ4n) is 4.99. The molecule has 1 saturated carbocycles. The summed E-state index contributed by atoms with van der Waals surface area (Å²) < 4.78 is 41.2. The molecule has 2 aromatic rings. The Morgan fingerprint density at radius 2 is 1.56 bits per heavy atom. The molecule has 4 nitrogen and oxygen atoms in total. The molecule has 1 amide bonds. The van der Waals surface area contributed by atoms with Crippen LogP contribution in [0.2, 0.25) is 0 Å². The summed E-state index contributed by atoms with van der Waals surface area (Å²) in [5.41, 5.74) is 2.11. The maximum absolute atomic E-state index is 13.9. The van der Waals surface area contributed by atoms with Crippen molar-refractivity contribution in [3.8, 4) is 0 Å². The number of carbonyl (C=O) groups is 1. The van der Waals surface area contributed by atoms with E-state index in [0.29, 0.717) is 43.8 Å². The summed E-state index contributed by atoms with van der Waals surface area (Å²) in [7, 11) is 0. The van der Waals surface area contributed by atoms with Gasteiger partial charge >= 0.3 is 0 Å². The summed E-state index contributed by atoms with van der Waals surface area (Å²) >= 11 is 0. The molecule has 1 saturated heterocycles. The molecule has 0 unspecified atom stereocenters. The molecule has 7 heteroatoms. The summed E-state index contributed by atoms with van der Waals surface area (Å²) in [6.07, 6.45) is 4.75. The molecule has 1 atom stereocenters. The van der Waals surface area contributed by atoms with Crippen LogP contribution in [0.1, 0.15) is 54.8 Å². The number of aliphatic hydroxyl groups is 1. The number of hydrogen-bond donors (Lipinski definition) is 1.